The number of rotatable bonds is 0. The molecule has 1 N–H and O–H groups in total. The molecule has 3 rings (SSSR count). The van der Waals surface area contributed by atoms with Crippen LogP contribution < -0.4 is 21.2 Å². The summed E-state index contributed by atoms with van der Waals surface area (Å²) in [6.45, 7) is 2.17. The number of allylic oxidation sites excluding steroid dienone is 7. The average Bonchev–Trinajstić information content (AvgIpc) is 3.03. The van der Waals surface area contributed by atoms with Gasteiger partial charge in [-0.1, -0.05) is 0 Å². The van der Waals surface area contributed by atoms with E-state index in [-0.39, 0.29) is 17.1 Å². The average molecular weight is 434 g/mol. The summed E-state index contributed by atoms with van der Waals surface area (Å²) in [5.74, 6) is 0.816. The van der Waals surface area contributed by atoms with Gasteiger partial charge in [-0.25, -0.2) is 0 Å². The number of fused-ring (bicyclic) bond motifs is 2. The molecule has 0 aromatic carbocycles. The van der Waals surface area contributed by atoms with Crippen LogP contribution in [0.2, 0.25) is 0 Å². The zero-order valence-corrected chi connectivity index (χ0v) is 14.3. The van der Waals surface area contributed by atoms with Gasteiger partial charge in [-0.3, -0.25) is 0 Å². The predicted octanol–water partition coefficient (Wildman–Crippen LogP) is 0.823. The molecule has 0 radical (unpaired) electrons. The Morgan fingerprint density at radius 3 is 3.05 bits per heavy atom. The molecule has 0 amide bonds. The Labute approximate surface area is 131 Å². The zero-order chi connectivity index (χ0) is 13.6. The van der Waals surface area contributed by atoms with Crippen molar-refractivity contribution in [3.05, 3.63) is 44.2 Å². The molecule has 0 aromatic rings. The summed E-state index contributed by atoms with van der Waals surface area (Å²) in [6, 6.07) is 0. The topological polar surface area (TPSA) is 37.3 Å². The Kier molecular flexibility index (Phi) is 3.50. The van der Waals surface area contributed by atoms with Crippen LogP contribution >= 0.6 is 15.9 Å². The van der Waals surface area contributed by atoms with Crippen molar-refractivity contribution in [3.63, 3.8) is 0 Å². The van der Waals surface area contributed by atoms with E-state index in [0.717, 1.165) is 10.9 Å². The summed E-state index contributed by atoms with van der Waals surface area (Å²) in [4.78, 5) is 12.2. The molecule has 1 aliphatic heterocycles. The van der Waals surface area contributed by atoms with E-state index >= 15 is 0 Å². The van der Waals surface area contributed by atoms with Crippen molar-refractivity contribution in [1.29, 1.82) is 0 Å². The van der Waals surface area contributed by atoms with Crippen LogP contribution in [0.5, 0.6) is 0 Å². The van der Waals surface area contributed by atoms with Gasteiger partial charge in [-0.2, -0.15) is 0 Å². The molecule has 0 saturated carbocycles. The molecule has 4 heteroatoms. The van der Waals surface area contributed by atoms with Crippen LogP contribution in [0.1, 0.15) is 19.8 Å². The monoisotopic (exact) mass is 433 g/mol. The van der Waals surface area contributed by atoms with Crippen LogP contribution in [0.3, 0.4) is 0 Å². The van der Waals surface area contributed by atoms with Crippen molar-refractivity contribution in [2.75, 3.05) is 0 Å². The summed E-state index contributed by atoms with van der Waals surface area (Å²) in [6.07, 6.45) is 11.7. The summed E-state index contributed by atoms with van der Waals surface area (Å²) in [5.41, 5.74) is -0.117. The minimum atomic E-state index is -0.472. The first-order valence-electron chi connectivity index (χ1n) is 6.33. The van der Waals surface area contributed by atoms with Crippen molar-refractivity contribution < 1.29 is 31.1 Å². The van der Waals surface area contributed by atoms with Gasteiger partial charge >= 0.3 is 132 Å². The maximum atomic E-state index is 12.2. The van der Waals surface area contributed by atoms with Gasteiger partial charge in [0.25, 0.3) is 0 Å². The first-order chi connectivity index (χ1) is 8.99. The molecule has 0 bridgehead atoms. The number of aliphatic hydroxyl groups is 1. The van der Waals surface area contributed by atoms with Crippen LogP contribution in [0, 0.1) is 17.3 Å². The van der Waals surface area contributed by atoms with Gasteiger partial charge in [0.2, 0.25) is 0 Å². The van der Waals surface area contributed by atoms with Crippen molar-refractivity contribution in [3.8, 4) is 0 Å². The molecule has 2 nitrogen and oxygen atoms in total. The van der Waals surface area contributed by atoms with Crippen LogP contribution in [0.4, 0.5) is 0 Å². The number of hydrogen-bond donors (Lipinski definition) is 1. The van der Waals surface area contributed by atoms with E-state index in [0.29, 0.717) is 16.1 Å². The molecular weight excluding hydrogens is 419 g/mol. The molecule has 19 heavy (non-hydrogen) atoms. The number of aliphatic hydroxyl groups excluding tert-OH is 1. The second kappa shape index (κ2) is 4.88. The third-order valence-electron chi connectivity index (χ3n) is 4.04. The fraction of sp³-hybridized carbons (Fsp3) is 0.400. The first kappa shape index (κ1) is 13.6. The molecule has 3 aliphatic rings. The second-order valence-corrected chi connectivity index (χ2v) is 9.31. The molecule has 1 heterocycles. The van der Waals surface area contributed by atoms with Gasteiger partial charge in [0, 0.05) is 0 Å². The number of hydrogen-bond acceptors (Lipinski definition) is 2. The van der Waals surface area contributed by atoms with E-state index in [1.54, 1.807) is 6.08 Å². The molecule has 3 atom stereocenters. The zero-order valence-electron chi connectivity index (χ0n) is 10.6. The summed E-state index contributed by atoms with van der Waals surface area (Å²) >= 11 is 3.12. The van der Waals surface area contributed by atoms with Gasteiger partial charge < -0.3 is 0 Å². The van der Waals surface area contributed by atoms with Gasteiger partial charge in [0.1, 0.15) is 0 Å². The quantitative estimate of drug-likeness (QED) is 0.349. The molecule has 102 valence electrons. The van der Waals surface area contributed by atoms with E-state index < -0.39 is 21.2 Å². The number of carbonyl (C=O) groups excluding carboxylic acids is 1. The second-order valence-electron chi connectivity index (χ2n) is 5.47. The normalized spacial score (nSPS) is 39.7. The summed E-state index contributed by atoms with van der Waals surface area (Å²) in [5, 5.41) is 9.79. The Morgan fingerprint density at radius 2 is 2.26 bits per heavy atom. The first-order valence-corrected chi connectivity index (χ1v) is 9.28. The summed E-state index contributed by atoms with van der Waals surface area (Å²) in [7, 11) is 0. The van der Waals surface area contributed by atoms with Crippen molar-refractivity contribution in [2.45, 2.75) is 19.8 Å². The number of halogens is 2. The molecule has 0 spiro atoms. The van der Waals surface area contributed by atoms with Crippen molar-refractivity contribution in [1.82, 2.24) is 0 Å². The van der Waals surface area contributed by atoms with Crippen LogP contribution in [0.25, 0.3) is 0 Å². The van der Waals surface area contributed by atoms with E-state index in [1.807, 2.05) is 6.08 Å². The van der Waals surface area contributed by atoms with E-state index in [4.69, 9.17) is 0 Å². The van der Waals surface area contributed by atoms with E-state index in [9.17, 15) is 9.90 Å². The summed E-state index contributed by atoms with van der Waals surface area (Å²) < 4.78 is 2.73. The van der Waals surface area contributed by atoms with Crippen molar-refractivity contribution in [2.24, 2.45) is 17.3 Å². The number of carbonyl (C=O) groups is 1. The third kappa shape index (κ3) is 2.61. The van der Waals surface area contributed by atoms with Crippen molar-refractivity contribution >= 4 is 19.7 Å². The maximum absolute atomic E-state index is 12.2. The van der Waals surface area contributed by atoms with Crippen LogP contribution in [0.15, 0.2) is 44.2 Å². The fourth-order valence-corrected chi connectivity index (χ4v) is 5.82. The SMILES string of the molecule is C[C@]12C/C=C\[C@H]3C=C3[I-]C(=O)CC1C=C(O)C=C2Br. The fourth-order valence-electron chi connectivity index (χ4n) is 2.60. The molecule has 1 unspecified atom stereocenters. The minimum absolute atomic E-state index is 0.0830. The standard InChI is InChI=1S/C15H15BrIO2/c1-15-4-2-3-9-5-12(9)17-14(19)7-10(15)6-11(18)8-13(15)16/h2-3,5-6,8-10,18H,4,7H2,1H3/q-1/b3-2-/t9-,10?,15-/m0/s1. The Hall–Kier alpha value is -0.360. The predicted molar refractivity (Wildman–Crippen MR) is 74.3 cm³/mol. The molecule has 0 aromatic heterocycles. The molecule has 2 aliphatic carbocycles. The Bertz CT molecular complexity index is 558. The third-order valence-corrected chi connectivity index (χ3v) is 7.92. The van der Waals surface area contributed by atoms with Crippen LogP contribution in [-0.4, -0.2) is 8.90 Å². The Morgan fingerprint density at radius 1 is 1.47 bits per heavy atom. The molecule has 0 saturated heterocycles. The van der Waals surface area contributed by atoms with Gasteiger partial charge in [0.05, 0.1) is 0 Å². The molecular formula is C15H15BrIO2-. The molecule has 0 fully saturated rings. The van der Waals surface area contributed by atoms with Gasteiger partial charge in [-0.05, 0) is 0 Å². The van der Waals surface area contributed by atoms with Gasteiger partial charge in [0.15, 0.2) is 0 Å². The van der Waals surface area contributed by atoms with E-state index in [2.05, 4.69) is 41.1 Å². The van der Waals surface area contributed by atoms with Gasteiger partial charge in [-0.15, -0.1) is 0 Å². The Balaban J connectivity index is 1.94. The van der Waals surface area contributed by atoms with Crippen LogP contribution in [-0.2, 0) is 4.79 Å². The van der Waals surface area contributed by atoms with E-state index in [1.165, 1.54) is 3.58 Å².